The van der Waals surface area contributed by atoms with Crippen molar-refractivity contribution in [1.82, 2.24) is 5.32 Å². The maximum Gasteiger partial charge on any atom is 0.220 e. The molecule has 1 unspecified atom stereocenters. The molecule has 4 nitrogen and oxygen atoms in total. The number of hydrogen-bond donors (Lipinski definition) is 2. The molecule has 0 radical (unpaired) electrons. The Morgan fingerprint density at radius 2 is 2.35 bits per heavy atom. The predicted octanol–water partition coefficient (Wildman–Crippen LogP) is 2.49. The van der Waals surface area contributed by atoms with Gasteiger partial charge in [0.1, 0.15) is 5.60 Å². The quantitative estimate of drug-likeness (QED) is 0.859. The van der Waals surface area contributed by atoms with Crippen LogP contribution in [0.2, 0.25) is 0 Å². The van der Waals surface area contributed by atoms with Crippen LogP contribution in [-0.4, -0.2) is 17.6 Å². The summed E-state index contributed by atoms with van der Waals surface area (Å²) in [4.78, 5) is 12.6. The molecule has 1 atom stereocenters. The van der Waals surface area contributed by atoms with Crippen molar-refractivity contribution < 1.29 is 14.3 Å². The molecule has 2 N–H and O–H groups in total. The van der Waals surface area contributed by atoms with E-state index in [-0.39, 0.29) is 12.5 Å². The summed E-state index contributed by atoms with van der Waals surface area (Å²) >= 11 is 1.46. The van der Waals surface area contributed by atoms with Gasteiger partial charge in [-0.1, -0.05) is 6.07 Å². The smallest absolute Gasteiger partial charge is 0.220 e. The minimum atomic E-state index is -1.22. The Bertz CT molecular complexity index is 524. The van der Waals surface area contributed by atoms with Crippen molar-refractivity contribution in [3.05, 3.63) is 46.5 Å². The summed E-state index contributed by atoms with van der Waals surface area (Å²) in [6, 6.07) is 5.48. The zero-order valence-corrected chi connectivity index (χ0v) is 11.9. The van der Waals surface area contributed by atoms with Crippen LogP contribution in [0.4, 0.5) is 0 Å². The average molecular weight is 291 g/mol. The van der Waals surface area contributed by atoms with Crippen LogP contribution in [0.3, 0.4) is 0 Å². The third-order valence-corrected chi connectivity index (χ3v) is 4.66. The Morgan fingerprint density at radius 3 is 2.95 bits per heavy atom. The van der Waals surface area contributed by atoms with Gasteiger partial charge in [0, 0.05) is 16.9 Å². The number of carbonyl (C=O) groups is 1. The van der Waals surface area contributed by atoms with Gasteiger partial charge >= 0.3 is 0 Å². The highest BCUT2D eigenvalue weighted by atomic mass is 32.1. The van der Waals surface area contributed by atoms with Crippen LogP contribution in [0.25, 0.3) is 0 Å². The zero-order valence-electron chi connectivity index (χ0n) is 11.0. The fourth-order valence-corrected chi connectivity index (χ4v) is 3.07. The fraction of sp³-hybridized carbons (Fsp3) is 0.400. The molecule has 0 aromatic carbocycles. The first-order chi connectivity index (χ1) is 9.68. The van der Waals surface area contributed by atoms with Gasteiger partial charge in [-0.15, -0.1) is 11.3 Å². The Hall–Kier alpha value is -1.59. The van der Waals surface area contributed by atoms with Crippen LogP contribution in [-0.2, 0) is 10.4 Å². The van der Waals surface area contributed by atoms with Gasteiger partial charge in [0.15, 0.2) is 0 Å². The van der Waals surface area contributed by atoms with Crippen molar-refractivity contribution in [2.45, 2.75) is 24.9 Å². The lowest BCUT2D eigenvalue weighted by Gasteiger charge is -2.26. The monoisotopic (exact) mass is 291 g/mol. The lowest BCUT2D eigenvalue weighted by molar-refractivity contribution is -0.122. The summed E-state index contributed by atoms with van der Waals surface area (Å²) in [5, 5.41) is 15.7. The summed E-state index contributed by atoms with van der Waals surface area (Å²) in [7, 11) is 0. The summed E-state index contributed by atoms with van der Waals surface area (Å²) < 4.78 is 5.07. The molecular formula is C15H17NO3S. The number of carbonyl (C=O) groups excluding carboxylic acids is 1. The molecule has 1 amide bonds. The molecule has 1 fully saturated rings. The lowest BCUT2D eigenvalue weighted by atomic mass is 9.94. The van der Waals surface area contributed by atoms with Gasteiger partial charge in [-0.25, -0.2) is 0 Å². The number of hydrogen-bond acceptors (Lipinski definition) is 4. The molecule has 0 spiro atoms. The second kappa shape index (κ2) is 5.42. The van der Waals surface area contributed by atoms with Crippen molar-refractivity contribution >= 4 is 17.2 Å². The Morgan fingerprint density at radius 1 is 1.50 bits per heavy atom. The topological polar surface area (TPSA) is 62.5 Å². The maximum atomic E-state index is 11.8. The molecule has 5 heteroatoms. The molecule has 1 aliphatic rings. The SMILES string of the molecule is O=C(CC1CC1)NCC(O)(c1ccoc1)c1cccs1. The van der Waals surface area contributed by atoms with Crippen LogP contribution in [0.5, 0.6) is 0 Å². The van der Waals surface area contributed by atoms with Gasteiger partial charge in [0.25, 0.3) is 0 Å². The fourth-order valence-electron chi connectivity index (χ4n) is 2.23. The predicted molar refractivity (Wildman–Crippen MR) is 76.4 cm³/mol. The molecule has 3 rings (SSSR count). The van der Waals surface area contributed by atoms with E-state index in [0.717, 1.165) is 17.7 Å². The molecule has 2 aromatic heterocycles. The first-order valence-corrected chi connectivity index (χ1v) is 7.62. The van der Waals surface area contributed by atoms with Gasteiger partial charge < -0.3 is 14.8 Å². The van der Waals surface area contributed by atoms with Crippen molar-refractivity contribution in [3.8, 4) is 0 Å². The third-order valence-electron chi connectivity index (χ3n) is 3.64. The number of thiophene rings is 1. The minimum absolute atomic E-state index is 0.00553. The third kappa shape index (κ3) is 2.78. The van der Waals surface area contributed by atoms with Crippen LogP contribution in [0.1, 0.15) is 29.7 Å². The Balaban J connectivity index is 1.74. The van der Waals surface area contributed by atoms with Crippen molar-refractivity contribution in [2.75, 3.05) is 6.54 Å². The van der Waals surface area contributed by atoms with E-state index in [0.29, 0.717) is 17.9 Å². The number of nitrogens with one attached hydrogen (secondary N) is 1. The first-order valence-electron chi connectivity index (χ1n) is 6.74. The standard InChI is InChI=1S/C15H17NO3S/c17-14(8-11-3-4-11)16-10-15(18,12-5-6-19-9-12)13-2-1-7-20-13/h1-2,5-7,9,11,18H,3-4,8,10H2,(H,16,17). The highest BCUT2D eigenvalue weighted by molar-refractivity contribution is 7.10. The summed E-state index contributed by atoms with van der Waals surface area (Å²) in [6.07, 6.45) is 5.90. The number of furan rings is 1. The van der Waals surface area contributed by atoms with Gasteiger partial charge in [0.05, 0.1) is 19.1 Å². The Labute approximate surface area is 121 Å². The largest absolute Gasteiger partial charge is 0.472 e. The van der Waals surface area contributed by atoms with Gasteiger partial charge in [-0.2, -0.15) is 0 Å². The summed E-state index contributed by atoms with van der Waals surface area (Å²) in [6.45, 7) is 0.165. The summed E-state index contributed by atoms with van der Waals surface area (Å²) in [5.41, 5.74) is -0.563. The molecule has 2 heterocycles. The normalized spacial score (nSPS) is 17.6. The molecule has 0 bridgehead atoms. The molecule has 0 aliphatic heterocycles. The van der Waals surface area contributed by atoms with E-state index in [1.165, 1.54) is 23.9 Å². The molecule has 20 heavy (non-hydrogen) atoms. The first kappa shape index (κ1) is 13.4. The van der Waals surface area contributed by atoms with Crippen LogP contribution in [0.15, 0.2) is 40.5 Å². The second-order valence-corrected chi connectivity index (χ2v) is 6.22. The van der Waals surface area contributed by atoms with Gasteiger partial charge in [-0.3, -0.25) is 4.79 Å². The summed E-state index contributed by atoms with van der Waals surface area (Å²) in [5.74, 6) is 0.546. The van der Waals surface area contributed by atoms with Crippen LogP contribution >= 0.6 is 11.3 Å². The number of aliphatic hydroxyl groups is 1. The van der Waals surface area contributed by atoms with Crippen LogP contribution < -0.4 is 5.32 Å². The van der Waals surface area contributed by atoms with Gasteiger partial charge in [-0.05, 0) is 36.3 Å². The molecule has 0 saturated heterocycles. The highest BCUT2D eigenvalue weighted by Gasteiger charge is 2.34. The molecule has 1 aliphatic carbocycles. The van der Waals surface area contributed by atoms with E-state index in [9.17, 15) is 9.90 Å². The highest BCUT2D eigenvalue weighted by Crippen LogP contribution is 2.34. The molecule has 106 valence electrons. The van der Waals surface area contributed by atoms with Crippen LogP contribution in [0, 0.1) is 5.92 Å². The van der Waals surface area contributed by atoms with Gasteiger partial charge in [0.2, 0.25) is 5.91 Å². The van der Waals surface area contributed by atoms with E-state index >= 15 is 0 Å². The molecule has 2 aromatic rings. The molecular weight excluding hydrogens is 274 g/mol. The average Bonchev–Trinajstić information content (AvgIpc) is 2.95. The minimum Gasteiger partial charge on any atom is -0.472 e. The van der Waals surface area contributed by atoms with Crippen molar-refractivity contribution in [2.24, 2.45) is 5.92 Å². The lowest BCUT2D eigenvalue weighted by Crippen LogP contribution is -2.41. The van der Waals surface area contributed by atoms with E-state index < -0.39 is 5.60 Å². The number of amides is 1. The number of rotatable bonds is 6. The van der Waals surface area contributed by atoms with E-state index in [4.69, 9.17) is 4.42 Å². The Kier molecular flexibility index (Phi) is 3.63. The maximum absolute atomic E-state index is 11.8. The van der Waals surface area contributed by atoms with Crippen molar-refractivity contribution in [1.29, 1.82) is 0 Å². The van der Waals surface area contributed by atoms with Crippen molar-refractivity contribution in [3.63, 3.8) is 0 Å². The van der Waals surface area contributed by atoms with E-state index in [1.807, 2.05) is 17.5 Å². The second-order valence-electron chi connectivity index (χ2n) is 5.27. The molecule has 1 saturated carbocycles. The van der Waals surface area contributed by atoms with E-state index in [1.54, 1.807) is 6.07 Å². The van der Waals surface area contributed by atoms with E-state index in [2.05, 4.69) is 5.32 Å². The zero-order chi connectivity index (χ0) is 14.0.